The first-order chi connectivity index (χ1) is 15.9. The maximum absolute atomic E-state index is 7.41. The molecule has 1 aliphatic carbocycles. The maximum Gasteiger partial charge on any atom is 0.262 e. The molecule has 2 fully saturated rings. The lowest BCUT2D eigenvalue weighted by atomic mass is 9.92. The second kappa shape index (κ2) is 9.03. The van der Waals surface area contributed by atoms with Crippen molar-refractivity contribution in [1.82, 2.24) is 0 Å². The van der Waals surface area contributed by atoms with Gasteiger partial charge in [-0.3, -0.25) is 0 Å². The Morgan fingerprint density at radius 1 is 0.879 bits per heavy atom. The molecule has 0 bridgehead atoms. The van der Waals surface area contributed by atoms with Gasteiger partial charge in [0, 0.05) is 12.8 Å². The van der Waals surface area contributed by atoms with Crippen LogP contribution in [0.3, 0.4) is 0 Å². The van der Waals surface area contributed by atoms with Gasteiger partial charge in [0.15, 0.2) is 11.9 Å². The lowest BCUT2D eigenvalue weighted by molar-refractivity contribution is -0.342. The Bertz CT molecular complexity index is 907. The first kappa shape index (κ1) is 22.8. The van der Waals surface area contributed by atoms with Gasteiger partial charge >= 0.3 is 0 Å². The van der Waals surface area contributed by atoms with Crippen LogP contribution in [0.15, 0.2) is 73.0 Å². The number of rotatable bonds is 4. The molecule has 1 saturated carbocycles. The van der Waals surface area contributed by atoms with E-state index in [1.54, 1.807) is 6.26 Å². The lowest BCUT2D eigenvalue weighted by Crippen LogP contribution is -2.70. The van der Waals surface area contributed by atoms with Crippen molar-refractivity contribution in [3.05, 3.63) is 73.0 Å². The third-order valence-corrected chi connectivity index (χ3v) is 12.4. The summed E-state index contributed by atoms with van der Waals surface area (Å²) < 4.78 is 26.4. The molecule has 5 rings (SSSR count). The molecule has 0 aromatic heterocycles. The zero-order valence-corrected chi connectivity index (χ0v) is 21.0. The Balaban J connectivity index is 1.56. The predicted molar refractivity (Wildman–Crippen MR) is 133 cm³/mol. The van der Waals surface area contributed by atoms with Crippen LogP contribution in [0.4, 0.5) is 0 Å². The van der Waals surface area contributed by atoms with Gasteiger partial charge in [0.1, 0.15) is 6.10 Å². The predicted octanol–water partition coefficient (Wildman–Crippen LogP) is 4.92. The summed E-state index contributed by atoms with van der Waals surface area (Å²) in [4.78, 5) is 0. The van der Waals surface area contributed by atoms with E-state index < -0.39 is 14.1 Å². The van der Waals surface area contributed by atoms with Crippen LogP contribution in [0, 0.1) is 0 Å². The minimum absolute atomic E-state index is 0.0922. The molecule has 0 radical (unpaired) electrons. The molecule has 4 nitrogen and oxygen atoms in total. The molecule has 1 spiro atoms. The van der Waals surface area contributed by atoms with Crippen molar-refractivity contribution in [2.24, 2.45) is 0 Å². The van der Waals surface area contributed by atoms with Gasteiger partial charge in [0.05, 0.1) is 19.0 Å². The van der Waals surface area contributed by atoms with Crippen molar-refractivity contribution in [3.63, 3.8) is 0 Å². The smallest absolute Gasteiger partial charge is 0.262 e. The van der Waals surface area contributed by atoms with E-state index in [2.05, 4.69) is 87.5 Å². The molecule has 3 aliphatic rings. The molecule has 3 atom stereocenters. The monoisotopic (exact) mass is 464 g/mol. The average molecular weight is 465 g/mol. The van der Waals surface area contributed by atoms with Crippen molar-refractivity contribution >= 4 is 18.7 Å². The highest BCUT2D eigenvalue weighted by molar-refractivity contribution is 6.99. The summed E-state index contributed by atoms with van der Waals surface area (Å²) >= 11 is 0. The summed E-state index contributed by atoms with van der Waals surface area (Å²) in [6, 6.07) is 21.6. The molecule has 0 unspecified atom stereocenters. The fraction of sp³-hybridized carbons (Fsp3) is 0.500. The van der Waals surface area contributed by atoms with E-state index in [4.69, 9.17) is 18.6 Å². The quantitative estimate of drug-likeness (QED) is 0.602. The van der Waals surface area contributed by atoms with E-state index in [1.807, 2.05) is 0 Å². The Morgan fingerprint density at radius 3 is 2.06 bits per heavy atom. The van der Waals surface area contributed by atoms with Crippen LogP contribution in [0.5, 0.6) is 0 Å². The summed E-state index contributed by atoms with van der Waals surface area (Å²) in [7, 11) is -2.70. The maximum atomic E-state index is 7.41. The summed E-state index contributed by atoms with van der Waals surface area (Å²) in [5.41, 5.74) is 0. The van der Waals surface area contributed by atoms with Crippen LogP contribution in [-0.4, -0.2) is 39.0 Å². The summed E-state index contributed by atoms with van der Waals surface area (Å²) in [6.07, 6.45) is 8.77. The lowest BCUT2D eigenvalue weighted by Gasteiger charge is -2.51. The zero-order chi connectivity index (χ0) is 22.9. The van der Waals surface area contributed by atoms with Crippen molar-refractivity contribution in [2.45, 2.75) is 82.0 Å². The topological polar surface area (TPSA) is 36.9 Å². The van der Waals surface area contributed by atoms with E-state index in [0.29, 0.717) is 6.61 Å². The first-order valence-electron chi connectivity index (χ1n) is 12.4. The third kappa shape index (κ3) is 4.21. The van der Waals surface area contributed by atoms with E-state index in [9.17, 15) is 0 Å². The molecule has 0 amide bonds. The summed E-state index contributed by atoms with van der Waals surface area (Å²) in [5.74, 6) is -0.485. The molecule has 1 saturated heterocycles. The highest BCUT2D eigenvalue weighted by Crippen LogP contribution is 2.43. The second-order valence-electron chi connectivity index (χ2n) is 10.6. The second-order valence-corrected chi connectivity index (χ2v) is 14.9. The van der Waals surface area contributed by atoms with E-state index >= 15 is 0 Å². The number of ether oxygens (including phenoxy) is 3. The summed E-state index contributed by atoms with van der Waals surface area (Å²) in [5, 5.41) is 2.46. The molecule has 2 aliphatic heterocycles. The largest absolute Gasteiger partial charge is 0.493 e. The van der Waals surface area contributed by atoms with Gasteiger partial charge in [-0.15, -0.1) is 0 Å². The van der Waals surface area contributed by atoms with Crippen LogP contribution in [0.1, 0.15) is 52.9 Å². The fourth-order valence-corrected chi connectivity index (χ4v) is 10.4. The van der Waals surface area contributed by atoms with Crippen LogP contribution >= 0.6 is 0 Å². The number of hydrogen-bond donors (Lipinski definition) is 0. The highest BCUT2D eigenvalue weighted by atomic mass is 28.4. The van der Waals surface area contributed by atoms with Crippen LogP contribution in [0.25, 0.3) is 0 Å². The summed E-state index contributed by atoms with van der Waals surface area (Å²) in [6.45, 7) is 7.49. The van der Waals surface area contributed by atoms with Crippen molar-refractivity contribution in [3.8, 4) is 0 Å². The van der Waals surface area contributed by atoms with Gasteiger partial charge in [-0.1, -0.05) is 87.9 Å². The molecule has 0 N–H and O–H groups in total. The Morgan fingerprint density at radius 2 is 1.48 bits per heavy atom. The van der Waals surface area contributed by atoms with E-state index in [1.165, 1.54) is 16.8 Å². The minimum Gasteiger partial charge on any atom is -0.493 e. The number of hydrogen-bond acceptors (Lipinski definition) is 4. The van der Waals surface area contributed by atoms with Gasteiger partial charge in [-0.25, -0.2) is 0 Å². The van der Waals surface area contributed by atoms with Gasteiger partial charge in [-0.2, -0.15) is 0 Å². The SMILES string of the molecule is CC(C)(C)[Si](O[C@@H]1C=CO[C@@H]2COC3(CCCCC3)O[C@@H]12)(c1ccccc1)c1ccccc1. The van der Waals surface area contributed by atoms with E-state index in [-0.39, 0.29) is 23.4 Å². The molecule has 2 heterocycles. The molecule has 2 aromatic rings. The molecule has 5 heteroatoms. The number of benzene rings is 2. The van der Waals surface area contributed by atoms with Crippen molar-refractivity contribution in [1.29, 1.82) is 0 Å². The van der Waals surface area contributed by atoms with Gasteiger partial charge in [0.25, 0.3) is 8.32 Å². The van der Waals surface area contributed by atoms with Crippen molar-refractivity contribution in [2.75, 3.05) is 6.61 Å². The molecular formula is C28H36O4Si. The third-order valence-electron chi connectivity index (χ3n) is 7.42. The van der Waals surface area contributed by atoms with Crippen LogP contribution < -0.4 is 10.4 Å². The minimum atomic E-state index is -2.70. The Hall–Kier alpha value is -1.92. The van der Waals surface area contributed by atoms with Gasteiger partial charge < -0.3 is 18.6 Å². The zero-order valence-electron chi connectivity index (χ0n) is 20.0. The fourth-order valence-electron chi connectivity index (χ4n) is 5.77. The van der Waals surface area contributed by atoms with Crippen LogP contribution in [0.2, 0.25) is 5.04 Å². The molecule has 2 aromatic carbocycles. The normalized spacial score (nSPS) is 27.1. The molecule has 33 heavy (non-hydrogen) atoms. The average Bonchev–Trinajstić information content (AvgIpc) is 2.83. The first-order valence-corrected chi connectivity index (χ1v) is 14.3. The standard InChI is InChI=1S/C28H36O4Si/c1-27(2,3)33(22-13-7-4-8-14-22,23-15-9-5-10-16-23)32-24-17-20-29-25-21-30-28(31-26(24)25)18-11-6-12-19-28/h4-5,7-10,13-17,20,24-26H,6,11-12,18-19,21H2,1-3H3/t24-,25-,26+/m1/s1. The molecule has 176 valence electrons. The Kier molecular flexibility index (Phi) is 6.25. The Labute approximate surface area is 199 Å². The van der Waals surface area contributed by atoms with Gasteiger partial charge in [-0.05, 0) is 34.3 Å². The molecular weight excluding hydrogens is 428 g/mol. The van der Waals surface area contributed by atoms with Crippen LogP contribution in [-0.2, 0) is 18.6 Å². The van der Waals surface area contributed by atoms with E-state index in [0.717, 1.165) is 25.7 Å². The highest BCUT2D eigenvalue weighted by Gasteiger charge is 2.55. The van der Waals surface area contributed by atoms with Gasteiger partial charge in [0.2, 0.25) is 0 Å². The number of fused-ring (bicyclic) bond motifs is 1. The van der Waals surface area contributed by atoms with Crippen molar-refractivity contribution < 1.29 is 18.6 Å².